The Labute approximate surface area is 126 Å². The lowest BCUT2D eigenvalue weighted by molar-refractivity contribution is 0.252. The Hall–Kier alpha value is -0.850. The molecule has 7 heteroatoms. The van der Waals surface area contributed by atoms with Crippen molar-refractivity contribution < 1.29 is 8.78 Å². The molecule has 0 amide bonds. The van der Waals surface area contributed by atoms with E-state index in [1.165, 1.54) is 6.20 Å². The number of para-hydroxylation sites is 1. The van der Waals surface area contributed by atoms with Crippen LogP contribution in [0, 0.1) is 0 Å². The smallest absolute Gasteiger partial charge is 0.288 e. The zero-order valence-corrected chi connectivity index (χ0v) is 12.6. The molecule has 0 aliphatic rings. The Bertz CT molecular complexity index is 583. The van der Waals surface area contributed by atoms with Crippen molar-refractivity contribution in [1.82, 2.24) is 4.98 Å². The number of rotatable bonds is 4. The Morgan fingerprint density at radius 1 is 1.32 bits per heavy atom. The molecule has 1 heterocycles. The highest BCUT2D eigenvalue weighted by Crippen LogP contribution is 2.34. The second-order valence-electron chi connectivity index (χ2n) is 3.48. The van der Waals surface area contributed by atoms with Gasteiger partial charge in [-0.15, -0.1) is 0 Å². The second kappa shape index (κ2) is 6.54. The SMILES string of the molecule is FC(F)Sc1ccccc1Nc1ncc(Cl)cc1Br. The number of nitrogens with one attached hydrogen (secondary N) is 1. The molecule has 1 aromatic heterocycles. The van der Waals surface area contributed by atoms with E-state index in [0.29, 0.717) is 37.7 Å². The van der Waals surface area contributed by atoms with Crippen molar-refractivity contribution in [2.75, 3.05) is 5.32 Å². The van der Waals surface area contributed by atoms with Gasteiger partial charge in [0, 0.05) is 11.1 Å². The number of halogens is 4. The van der Waals surface area contributed by atoms with Crippen molar-refractivity contribution in [1.29, 1.82) is 0 Å². The highest BCUT2D eigenvalue weighted by Gasteiger charge is 2.11. The van der Waals surface area contributed by atoms with Crippen molar-refractivity contribution in [2.45, 2.75) is 10.7 Å². The summed E-state index contributed by atoms with van der Waals surface area (Å²) >= 11 is 9.60. The summed E-state index contributed by atoms with van der Waals surface area (Å²) in [5.74, 6) is -1.95. The first kappa shape index (κ1) is 14.6. The van der Waals surface area contributed by atoms with Crippen molar-refractivity contribution in [3.63, 3.8) is 0 Å². The lowest BCUT2D eigenvalue weighted by Crippen LogP contribution is -1.97. The zero-order valence-electron chi connectivity index (χ0n) is 9.41. The molecule has 0 saturated carbocycles. The molecule has 0 radical (unpaired) electrons. The van der Waals surface area contributed by atoms with Crippen LogP contribution in [0.5, 0.6) is 0 Å². The molecule has 0 aliphatic carbocycles. The van der Waals surface area contributed by atoms with Crippen LogP contribution in [0.2, 0.25) is 5.02 Å². The lowest BCUT2D eigenvalue weighted by Gasteiger charge is -2.11. The molecule has 2 aromatic rings. The maximum atomic E-state index is 12.5. The molecule has 19 heavy (non-hydrogen) atoms. The number of alkyl halides is 2. The predicted octanol–water partition coefficient (Wildman–Crippen LogP) is 5.56. The maximum absolute atomic E-state index is 12.5. The minimum atomic E-state index is -2.47. The Balaban J connectivity index is 2.27. The first-order chi connectivity index (χ1) is 9.06. The molecule has 0 aliphatic heterocycles. The predicted molar refractivity (Wildman–Crippen MR) is 78.5 cm³/mol. The van der Waals surface area contributed by atoms with Gasteiger partial charge in [-0.05, 0) is 34.1 Å². The maximum Gasteiger partial charge on any atom is 0.288 e. The summed E-state index contributed by atoms with van der Waals surface area (Å²) in [6.45, 7) is 0. The Kier molecular flexibility index (Phi) is 5.01. The largest absolute Gasteiger partial charge is 0.338 e. The fraction of sp³-hybridized carbons (Fsp3) is 0.0833. The summed E-state index contributed by atoms with van der Waals surface area (Å²) in [5.41, 5.74) is 0.573. The van der Waals surface area contributed by atoms with Gasteiger partial charge in [0.15, 0.2) is 0 Å². The van der Waals surface area contributed by atoms with Crippen LogP contribution in [0.3, 0.4) is 0 Å². The first-order valence-corrected chi connectivity index (χ1v) is 7.23. The number of hydrogen-bond acceptors (Lipinski definition) is 3. The molecule has 0 unspecified atom stereocenters. The molecule has 2 rings (SSSR count). The number of benzene rings is 1. The van der Waals surface area contributed by atoms with Gasteiger partial charge in [-0.1, -0.05) is 35.5 Å². The average molecular weight is 366 g/mol. The number of thioether (sulfide) groups is 1. The molecular formula is C12H8BrClF2N2S. The summed E-state index contributed by atoms with van der Waals surface area (Å²) in [4.78, 5) is 4.57. The molecular weight excluding hydrogens is 358 g/mol. The lowest BCUT2D eigenvalue weighted by atomic mass is 10.3. The molecule has 0 bridgehead atoms. The van der Waals surface area contributed by atoms with Crippen LogP contribution in [0.4, 0.5) is 20.3 Å². The summed E-state index contributed by atoms with van der Waals surface area (Å²) in [7, 11) is 0. The second-order valence-corrected chi connectivity index (χ2v) is 5.81. The number of pyridine rings is 1. The molecule has 1 N–H and O–H groups in total. The monoisotopic (exact) mass is 364 g/mol. The molecule has 0 saturated heterocycles. The molecule has 0 atom stereocenters. The summed E-state index contributed by atoms with van der Waals surface area (Å²) in [6.07, 6.45) is 1.48. The fourth-order valence-corrected chi connectivity index (χ4v) is 2.74. The zero-order chi connectivity index (χ0) is 13.8. The van der Waals surface area contributed by atoms with Crippen LogP contribution in [0.25, 0.3) is 0 Å². The van der Waals surface area contributed by atoms with Crippen molar-refractivity contribution in [3.8, 4) is 0 Å². The molecule has 0 fully saturated rings. The molecule has 2 nitrogen and oxygen atoms in total. The van der Waals surface area contributed by atoms with Crippen LogP contribution in [-0.4, -0.2) is 10.7 Å². The van der Waals surface area contributed by atoms with E-state index < -0.39 is 5.76 Å². The third-order valence-corrected chi connectivity index (χ3v) is 3.76. The van der Waals surface area contributed by atoms with Gasteiger partial charge in [-0.25, -0.2) is 4.98 Å². The van der Waals surface area contributed by atoms with E-state index in [1.807, 2.05) is 0 Å². The number of anilines is 2. The van der Waals surface area contributed by atoms with Gasteiger partial charge in [0.1, 0.15) is 5.82 Å². The van der Waals surface area contributed by atoms with Gasteiger partial charge in [0.05, 0.1) is 15.2 Å². The first-order valence-electron chi connectivity index (χ1n) is 5.18. The van der Waals surface area contributed by atoms with Crippen LogP contribution in [-0.2, 0) is 0 Å². The van der Waals surface area contributed by atoms with Gasteiger partial charge in [-0.3, -0.25) is 0 Å². The van der Waals surface area contributed by atoms with E-state index in [9.17, 15) is 8.78 Å². The minimum absolute atomic E-state index is 0.459. The Morgan fingerprint density at radius 3 is 2.74 bits per heavy atom. The van der Waals surface area contributed by atoms with Gasteiger partial charge in [0.2, 0.25) is 0 Å². The van der Waals surface area contributed by atoms with E-state index >= 15 is 0 Å². The van der Waals surface area contributed by atoms with Crippen LogP contribution >= 0.6 is 39.3 Å². The third-order valence-electron chi connectivity index (χ3n) is 2.16. The van der Waals surface area contributed by atoms with Gasteiger partial charge in [-0.2, -0.15) is 8.78 Å². The van der Waals surface area contributed by atoms with Crippen molar-refractivity contribution in [3.05, 3.63) is 46.0 Å². The molecule has 1 aromatic carbocycles. The summed E-state index contributed by atoms with van der Waals surface area (Å²) in [6, 6.07) is 8.50. The topological polar surface area (TPSA) is 24.9 Å². The fourth-order valence-electron chi connectivity index (χ4n) is 1.40. The van der Waals surface area contributed by atoms with Crippen molar-refractivity contribution >= 4 is 50.8 Å². The highest BCUT2D eigenvalue weighted by molar-refractivity contribution is 9.10. The standard InChI is InChI=1S/C12H8BrClF2N2S/c13-8-5-7(14)6-17-11(8)18-9-3-1-2-4-10(9)19-12(15)16/h1-6,12H,(H,17,18). The van der Waals surface area contributed by atoms with E-state index in [2.05, 4.69) is 26.2 Å². The molecule has 0 spiro atoms. The van der Waals surface area contributed by atoms with Gasteiger partial charge < -0.3 is 5.32 Å². The third kappa shape index (κ3) is 4.06. The number of aromatic nitrogens is 1. The van der Waals surface area contributed by atoms with E-state index in [-0.39, 0.29) is 0 Å². The minimum Gasteiger partial charge on any atom is -0.338 e. The normalized spacial score (nSPS) is 10.8. The Morgan fingerprint density at radius 2 is 2.05 bits per heavy atom. The van der Waals surface area contributed by atoms with Gasteiger partial charge in [0.25, 0.3) is 5.76 Å². The quantitative estimate of drug-likeness (QED) is 0.718. The van der Waals surface area contributed by atoms with Crippen LogP contribution < -0.4 is 5.32 Å². The van der Waals surface area contributed by atoms with E-state index in [0.717, 1.165) is 0 Å². The average Bonchev–Trinajstić information content (AvgIpc) is 2.34. The number of hydrogen-bond donors (Lipinski definition) is 1. The summed E-state index contributed by atoms with van der Waals surface area (Å²) < 4.78 is 25.6. The van der Waals surface area contributed by atoms with Crippen LogP contribution in [0.15, 0.2) is 45.9 Å². The highest BCUT2D eigenvalue weighted by atomic mass is 79.9. The number of nitrogens with zero attached hydrogens (tertiary/aromatic N) is 1. The van der Waals surface area contributed by atoms with E-state index in [4.69, 9.17) is 11.6 Å². The van der Waals surface area contributed by atoms with Crippen LogP contribution in [0.1, 0.15) is 0 Å². The van der Waals surface area contributed by atoms with E-state index in [1.54, 1.807) is 30.3 Å². The summed E-state index contributed by atoms with van der Waals surface area (Å²) in [5, 5.41) is 3.50. The van der Waals surface area contributed by atoms with Crippen molar-refractivity contribution in [2.24, 2.45) is 0 Å². The van der Waals surface area contributed by atoms with Gasteiger partial charge >= 0.3 is 0 Å². The molecule has 100 valence electrons.